The van der Waals surface area contributed by atoms with E-state index >= 15 is 0 Å². The van der Waals surface area contributed by atoms with Gasteiger partial charge in [0.05, 0.1) is 22.2 Å². The molecule has 1 saturated heterocycles. The lowest BCUT2D eigenvalue weighted by atomic mass is 10.1. The molecule has 0 N–H and O–H groups in total. The van der Waals surface area contributed by atoms with Crippen molar-refractivity contribution in [3.05, 3.63) is 81.7 Å². The maximum Gasteiger partial charge on any atom is 0.254 e. The minimum atomic E-state index is -0.0475. The minimum Gasteiger partial charge on any atom is -0.493 e. The highest BCUT2D eigenvalue weighted by atomic mass is 35.5. The summed E-state index contributed by atoms with van der Waals surface area (Å²) in [5, 5.41) is 1.000. The van der Waals surface area contributed by atoms with Crippen LogP contribution in [0.3, 0.4) is 0 Å². The van der Waals surface area contributed by atoms with Crippen molar-refractivity contribution in [1.29, 1.82) is 0 Å². The summed E-state index contributed by atoms with van der Waals surface area (Å²) < 4.78 is 5.70. The standard InChI is InChI=1S/C25H22Cl2N4O2/c1-2-33-23-9-7-19(15-18(23)6-8-21-5-3-4-10-28-21)25(32)31-13-11-30(12-14-31)24-22(27)16-20(26)17-29-24/h3-5,7,9-10,15-17H,2,11-14H2,1H3. The van der Waals surface area contributed by atoms with Crippen molar-refractivity contribution in [1.82, 2.24) is 14.9 Å². The summed E-state index contributed by atoms with van der Waals surface area (Å²) in [6.07, 6.45) is 3.27. The Kier molecular flexibility index (Phi) is 7.33. The Morgan fingerprint density at radius 3 is 2.58 bits per heavy atom. The third-order valence-corrected chi connectivity index (χ3v) is 5.66. The lowest BCUT2D eigenvalue weighted by molar-refractivity contribution is 0.0746. The van der Waals surface area contributed by atoms with Crippen molar-refractivity contribution in [3.8, 4) is 17.6 Å². The molecular weight excluding hydrogens is 459 g/mol. The minimum absolute atomic E-state index is 0.0475. The number of amides is 1. The number of nitrogens with zero attached hydrogens (tertiary/aromatic N) is 4. The van der Waals surface area contributed by atoms with E-state index < -0.39 is 0 Å². The molecule has 0 unspecified atom stereocenters. The van der Waals surface area contributed by atoms with E-state index in [1.54, 1.807) is 36.7 Å². The average Bonchev–Trinajstić information content (AvgIpc) is 2.84. The van der Waals surface area contributed by atoms with Gasteiger partial charge in [0.2, 0.25) is 0 Å². The second-order valence-electron chi connectivity index (χ2n) is 7.35. The predicted octanol–water partition coefficient (Wildman–Crippen LogP) is 4.54. The summed E-state index contributed by atoms with van der Waals surface area (Å²) in [5.74, 6) is 7.42. The van der Waals surface area contributed by atoms with E-state index in [-0.39, 0.29) is 5.91 Å². The van der Waals surface area contributed by atoms with Crippen LogP contribution in [0, 0.1) is 11.8 Å². The molecule has 3 heterocycles. The van der Waals surface area contributed by atoms with Gasteiger partial charge in [-0.15, -0.1) is 0 Å². The zero-order valence-electron chi connectivity index (χ0n) is 18.1. The van der Waals surface area contributed by atoms with Gasteiger partial charge < -0.3 is 14.5 Å². The summed E-state index contributed by atoms with van der Waals surface area (Å²) in [6, 6.07) is 12.6. The molecule has 3 aromatic rings. The van der Waals surface area contributed by atoms with Gasteiger partial charge in [-0.25, -0.2) is 9.97 Å². The SMILES string of the molecule is CCOc1ccc(C(=O)N2CCN(c3ncc(Cl)cc3Cl)CC2)cc1C#Cc1ccccn1. The Morgan fingerprint density at radius 2 is 1.88 bits per heavy atom. The van der Waals surface area contributed by atoms with E-state index in [2.05, 4.69) is 26.7 Å². The largest absolute Gasteiger partial charge is 0.493 e. The van der Waals surface area contributed by atoms with Gasteiger partial charge >= 0.3 is 0 Å². The molecule has 1 aliphatic heterocycles. The first-order valence-electron chi connectivity index (χ1n) is 10.6. The quantitative estimate of drug-likeness (QED) is 0.512. The number of aromatic nitrogens is 2. The first kappa shape index (κ1) is 22.9. The third kappa shape index (κ3) is 5.57. The van der Waals surface area contributed by atoms with Crippen molar-refractivity contribution >= 4 is 34.9 Å². The zero-order chi connectivity index (χ0) is 23.2. The van der Waals surface area contributed by atoms with Gasteiger partial charge in [-0.05, 0) is 49.2 Å². The number of rotatable bonds is 4. The van der Waals surface area contributed by atoms with Crippen molar-refractivity contribution in [2.75, 3.05) is 37.7 Å². The number of carbonyl (C=O) groups excluding carboxylic acids is 1. The van der Waals surface area contributed by atoms with Gasteiger partial charge in [-0.2, -0.15) is 0 Å². The Labute approximate surface area is 203 Å². The normalized spacial score (nSPS) is 13.3. The topological polar surface area (TPSA) is 58.6 Å². The lowest BCUT2D eigenvalue weighted by Gasteiger charge is -2.35. The van der Waals surface area contributed by atoms with Crippen molar-refractivity contribution in [3.63, 3.8) is 0 Å². The van der Waals surface area contributed by atoms with Crippen LogP contribution in [0.15, 0.2) is 54.9 Å². The highest BCUT2D eigenvalue weighted by molar-refractivity contribution is 6.36. The molecule has 0 spiro atoms. The first-order chi connectivity index (χ1) is 16.0. The molecule has 33 heavy (non-hydrogen) atoms. The molecule has 6 nitrogen and oxygen atoms in total. The van der Waals surface area contributed by atoms with E-state index in [1.807, 2.05) is 30.0 Å². The maximum absolute atomic E-state index is 13.2. The molecule has 0 atom stereocenters. The Hall–Kier alpha value is -3.27. The highest BCUT2D eigenvalue weighted by Gasteiger charge is 2.24. The fourth-order valence-corrected chi connectivity index (χ4v) is 4.05. The van der Waals surface area contributed by atoms with Crippen LogP contribution in [0.2, 0.25) is 10.0 Å². The van der Waals surface area contributed by atoms with Gasteiger partial charge in [0.1, 0.15) is 17.3 Å². The van der Waals surface area contributed by atoms with E-state index in [1.165, 1.54) is 0 Å². The molecule has 8 heteroatoms. The monoisotopic (exact) mass is 480 g/mol. The third-order valence-electron chi connectivity index (χ3n) is 5.17. The number of pyridine rings is 2. The highest BCUT2D eigenvalue weighted by Crippen LogP contribution is 2.27. The Morgan fingerprint density at radius 1 is 1.06 bits per heavy atom. The second kappa shape index (κ2) is 10.6. The molecule has 0 saturated carbocycles. The van der Waals surface area contributed by atoms with Crippen molar-refractivity contribution in [2.45, 2.75) is 6.92 Å². The van der Waals surface area contributed by atoms with Crippen LogP contribution in [0.25, 0.3) is 0 Å². The van der Waals surface area contributed by atoms with E-state index in [9.17, 15) is 4.79 Å². The van der Waals surface area contributed by atoms with Gasteiger partial charge in [0.15, 0.2) is 0 Å². The molecule has 1 aliphatic rings. The van der Waals surface area contributed by atoms with Crippen LogP contribution in [-0.2, 0) is 0 Å². The van der Waals surface area contributed by atoms with E-state index in [4.69, 9.17) is 27.9 Å². The van der Waals surface area contributed by atoms with Crippen molar-refractivity contribution in [2.24, 2.45) is 0 Å². The lowest BCUT2D eigenvalue weighted by Crippen LogP contribution is -2.49. The number of halogens is 2. The summed E-state index contributed by atoms with van der Waals surface area (Å²) in [4.78, 5) is 25.6. The van der Waals surface area contributed by atoms with Gasteiger partial charge in [0.25, 0.3) is 5.91 Å². The molecular formula is C25H22Cl2N4O2. The molecule has 1 aromatic carbocycles. The number of hydrogen-bond donors (Lipinski definition) is 0. The molecule has 2 aromatic heterocycles. The van der Waals surface area contributed by atoms with Crippen LogP contribution < -0.4 is 9.64 Å². The van der Waals surface area contributed by atoms with E-state index in [0.717, 1.165) is 0 Å². The fourth-order valence-electron chi connectivity index (χ4n) is 3.55. The number of benzene rings is 1. The van der Waals surface area contributed by atoms with Crippen LogP contribution >= 0.6 is 23.2 Å². The molecule has 0 radical (unpaired) electrons. The Bertz CT molecular complexity index is 1200. The smallest absolute Gasteiger partial charge is 0.254 e. The first-order valence-corrected chi connectivity index (χ1v) is 11.4. The van der Waals surface area contributed by atoms with Crippen LogP contribution in [0.5, 0.6) is 5.75 Å². The summed E-state index contributed by atoms with van der Waals surface area (Å²) in [5.41, 5.74) is 1.88. The van der Waals surface area contributed by atoms with Crippen LogP contribution in [-0.4, -0.2) is 53.6 Å². The van der Waals surface area contributed by atoms with Crippen LogP contribution in [0.1, 0.15) is 28.5 Å². The molecule has 0 bridgehead atoms. The summed E-state index contributed by atoms with van der Waals surface area (Å²) in [6.45, 7) is 4.79. The Balaban J connectivity index is 1.50. The molecule has 168 valence electrons. The fraction of sp³-hybridized carbons (Fsp3) is 0.240. The van der Waals surface area contributed by atoms with Gasteiger partial charge in [-0.1, -0.05) is 35.2 Å². The second-order valence-corrected chi connectivity index (χ2v) is 8.19. The number of anilines is 1. The molecule has 1 amide bonds. The van der Waals surface area contributed by atoms with Crippen molar-refractivity contribution < 1.29 is 9.53 Å². The van der Waals surface area contributed by atoms with Gasteiger partial charge in [-0.3, -0.25) is 4.79 Å². The zero-order valence-corrected chi connectivity index (χ0v) is 19.6. The molecule has 1 fully saturated rings. The number of piperazine rings is 1. The van der Waals surface area contributed by atoms with E-state index in [0.29, 0.717) is 71.2 Å². The molecule has 4 rings (SSSR count). The predicted molar refractivity (Wildman–Crippen MR) is 130 cm³/mol. The maximum atomic E-state index is 13.2. The van der Waals surface area contributed by atoms with Gasteiger partial charge in [0, 0.05) is 44.1 Å². The number of ether oxygens (including phenoxy) is 1. The van der Waals surface area contributed by atoms with Crippen LogP contribution in [0.4, 0.5) is 5.82 Å². The number of carbonyl (C=O) groups is 1. The summed E-state index contributed by atoms with van der Waals surface area (Å²) in [7, 11) is 0. The summed E-state index contributed by atoms with van der Waals surface area (Å²) >= 11 is 12.2. The molecule has 0 aliphatic carbocycles. The number of hydrogen-bond acceptors (Lipinski definition) is 5. The average molecular weight is 481 g/mol.